The minimum Gasteiger partial charge on any atom is -0.396 e. The van der Waals surface area contributed by atoms with Gasteiger partial charge in [-0.3, -0.25) is 0 Å². The summed E-state index contributed by atoms with van der Waals surface area (Å²) in [5, 5.41) is 8.97. The van der Waals surface area contributed by atoms with Gasteiger partial charge in [0.2, 0.25) is 10.0 Å². The molecular weight excluding hydrogens is 282 g/mol. The number of nitrogens with one attached hydrogen (secondary N) is 1. The van der Waals surface area contributed by atoms with Gasteiger partial charge in [-0.15, -0.1) is 11.3 Å². The standard InChI is InChI=1S/C13H23NO3S2/c1-3-5-11(8-9-15)10-14-19(16,17)13-7-6-12(4-2)18-13/h6-7,11,14-15H,3-5,8-10H2,1-2H3. The lowest BCUT2D eigenvalue weighted by atomic mass is 10.0. The maximum Gasteiger partial charge on any atom is 0.250 e. The number of sulfonamides is 1. The van der Waals surface area contributed by atoms with Crippen LogP contribution in [0.1, 0.15) is 38.0 Å². The van der Waals surface area contributed by atoms with E-state index in [4.69, 9.17) is 5.11 Å². The molecule has 0 aliphatic heterocycles. The van der Waals surface area contributed by atoms with Crippen LogP contribution in [0.2, 0.25) is 0 Å². The van der Waals surface area contributed by atoms with Crippen LogP contribution in [0.25, 0.3) is 0 Å². The Morgan fingerprint density at radius 1 is 1.32 bits per heavy atom. The fourth-order valence-corrected chi connectivity index (χ4v) is 4.39. The first-order valence-corrected chi connectivity index (χ1v) is 9.02. The Morgan fingerprint density at radius 3 is 2.58 bits per heavy atom. The highest BCUT2D eigenvalue weighted by molar-refractivity contribution is 7.91. The molecule has 1 atom stereocenters. The first kappa shape index (κ1) is 16.6. The summed E-state index contributed by atoms with van der Waals surface area (Å²) in [6.07, 6.45) is 3.41. The molecule has 0 bridgehead atoms. The van der Waals surface area contributed by atoms with Crippen LogP contribution in [0.15, 0.2) is 16.3 Å². The van der Waals surface area contributed by atoms with Gasteiger partial charge in [-0.1, -0.05) is 20.3 Å². The summed E-state index contributed by atoms with van der Waals surface area (Å²) in [5.74, 6) is 0.204. The molecule has 19 heavy (non-hydrogen) atoms. The molecule has 0 spiro atoms. The summed E-state index contributed by atoms with van der Waals surface area (Å²) in [6, 6.07) is 3.52. The van der Waals surface area contributed by atoms with Gasteiger partial charge in [0.1, 0.15) is 4.21 Å². The van der Waals surface area contributed by atoms with E-state index in [0.717, 1.165) is 24.1 Å². The van der Waals surface area contributed by atoms with Crippen LogP contribution in [-0.2, 0) is 16.4 Å². The van der Waals surface area contributed by atoms with Gasteiger partial charge >= 0.3 is 0 Å². The van der Waals surface area contributed by atoms with Gasteiger partial charge in [0, 0.05) is 18.0 Å². The van der Waals surface area contributed by atoms with E-state index in [-0.39, 0.29) is 12.5 Å². The third-order valence-electron chi connectivity index (χ3n) is 3.05. The Balaban J connectivity index is 2.63. The first-order chi connectivity index (χ1) is 9.03. The molecule has 2 N–H and O–H groups in total. The zero-order valence-corrected chi connectivity index (χ0v) is 13.2. The van der Waals surface area contributed by atoms with Crippen LogP contribution in [-0.4, -0.2) is 26.7 Å². The zero-order chi connectivity index (χ0) is 14.3. The molecule has 0 aliphatic rings. The van der Waals surface area contributed by atoms with E-state index in [2.05, 4.69) is 11.6 Å². The fraction of sp³-hybridized carbons (Fsp3) is 0.692. The maximum atomic E-state index is 12.1. The lowest BCUT2D eigenvalue weighted by Gasteiger charge is -2.15. The molecule has 6 heteroatoms. The zero-order valence-electron chi connectivity index (χ0n) is 11.6. The normalized spacial score (nSPS) is 13.6. The van der Waals surface area contributed by atoms with Gasteiger partial charge in [-0.2, -0.15) is 0 Å². The second-order valence-corrected chi connectivity index (χ2v) is 7.76. The Labute approximate surface area is 119 Å². The second kappa shape index (κ2) is 7.99. The topological polar surface area (TPSA) is 66.4 Å². The van der Waals surface area contributed by atoms with Crippen LogP contribution >= 0.6 is 11.3 Å². The van der Waals surface area contributed by atoms with Crippen LogP contribution < -0.4 is 4.72 Å². The van der Waals surface area contributed by atoms with E-state index >= 15 is 0 Å². The molecule has 0 radical (unpaired) electrons. The SMILES string of the molecule is CCCC(CCO)CNS(=O)(=O)c1ccc(CC)s1. The summed E-state index contributed by atoms with van der Waals surface area (Å²) in [4.78, 5) is 1.07. The molecule has 1 rings (SSSR count). The van der Waals surface area contributed by atoms with Crippen LogP contribution in [0.3, 0.4) is 0 Å². The van der Waals surface area contributed by atoms with E-state index in [9.17, 15) is 8.42 Å². The van der Waals surface area contributed by atoms with Crippen molar-refractivity contribution < 1.29 is 13.5 Å². The van der Waals surface area contributed by atoms with Gasteiger partial charge in [-0.25, -0.2) is 13.1 Å². The van der Waals surface area contributed by atoms with Crippen molar-refractivity contribution in [3.8, 4) is 0 Å². The molecule has 1 aromatic heterocycles. The monoisotopic (exact) mass is 305 g/mol. The molecule has 0 aliphatic carbocycles. The van der Waals surface area contributed by atoms with E-state index in [1.54, 1.807) is 6.07 Å². The van der Waals surface area contributed by atoms with Gasteiger partial charge in [0.05, 0.1) is 0 Å². The number of aliphatic hydroxyl groups is 1. The summed E-state index contributed by atoms with van der Waals surface area (Å²) in [5.41, 5.74) is 0. The molecular formula is C13H23NO3S2. The molecule has 110 valence electrons. The van der Waals surface area contributed by atoms with Crippen molar-refractivity contribution in [3.63, 3.8) is 0 Å². The van der Waals surface area contributed by atoms with Crippen molar-refractivity contribution in [2.45, 2.75) is 43.7 Å². The molecule has 0 saturated carbocycles. The lowest BCUT2D eigenvalue weighted by molar-refractivity contribution is 0.251. The Bertz CT molecular complexity index is 462. The molecule has 4 nitrogen and oxygen atoms in total. The summed E-state index contributed by atoms with van der Waals surface area (Å²) < 4.78 is 27.3. The quantitative estimate of drug-likeness (QED) is 0.736. The third-order valence-corrected chi connectivity index (χ3v) is 6.19. The highest BCUT2D eigenvalue weighted by Gasteiger charge is 2.18. The Morgan fingerprint density at radius 2 is 2.05 bits per heavy atom. The van der Waals surface area contributed by atoms with Gasteiger partial charge in [-0.05, 0) is 37.3 Å². The predicted octanol–water partition coefficient (Wildman–Crippen LogP) is 2.39. The van der Waals surface area contributed by atoms with Gasteiger partial charge in [0.25, 0.3) is 0 Å². The summed E-state index contributed by atoms with van der Waals surface area (Å²) in [7, 11) is -3.39. The molecule has 0 saturated heterocycles. The highest BCUT2D eigenvalue weighted by Crippen LogP contribution is 2.22. The number of thiophene rings is 1. The Hall–Kier alpha value is -0.430. The van der Waals surface area contributed by atoms with Crippen molar-refractivity contribution in [2.75, 3.05) is 13.2 Å². The first-order valence-electron chi connectivity index (χ1n) is 6.72. The van der Waals surface area contributed by atoms with Crippen molar-refractivity contribution in [2.24, 2.45) is 5.92 Å². The van der Waals surface area contributed by atoms with Crippen molar-refractivity contribution in [1.82, 2.24) is 4.72 Å². The van der Waals surface area contributed by atoms with E-state index < -0.39 is 10.0 Å². The van der Waals surface area contributed by atoms with Crippen LogP contribution in [0, 0.1) is 5.92 Å². The maximum absolute atomic E-state index is 12.1. The number of aliphatic hydroxyl groups excluding tert-OH is 1. The largest absolute Gasteiger partial charge is 0.396 e. The van der Waals surface area contributed by atoms with Crippen molar-refractivity contribution >= 4 is 21.4 Å². The van der Waals surface area contributed by atoms with Crippen LogP contribution in [0.4, 0.5) is 0 Å². The number of rotatable bonds is 9. The molecule has 1 heterocycles. The molecule has 0 amide bonds. The number of aryl methyl sites for hydroxylation is 1. The summed E-state index contributed by atoms with van der Waals surface area (Å²) >= 11 is 1.32. The highest BCUT2D eigenvalue weighted by atomic mass is 32.2. The lowest BCUT2D eigenvalue weighted by Crippen LogP contribution is -2.29. The third kappa shape index (κ3) is 5.22. The van der Waals surface area contributed by atoms with Gasteiger partial charge < -0.3 is 5.11 Å². The predicted molar refractivity (Wildman–Crippen MR) is 79.0 cm³/mol. The van der Waals surface area contributed by atoms with Crippen molar-refractivity contribution in [1.29, 1.82) is 0 Å². The summed E-state index contributed by atoms with van der Waals surface area (Å²) in [6.45, 7) is 4.57. The van der Waals surface area contributed by atoms with E-state index in [0.29, 0.717) is 17.2 Å². The van der Waals surface area contributed by atoms with Gasteiger partial charge in [0.15, 0.2) is 0 Å². The average Bonchev–Trinajstić information content (AvgIpc) is 2.86. The fourth-order valence-electron chi connectivity index (χ4n) is 1.93. The average molecular weight is 305 g/mol. The van der Waals surface area contributed by atoms with E-state index in [1.165, 1.54) is 11.3 Å². The van der Waals surface area contributed by atoms with Crippen molar-refractivity contribution in [3.05, 3.63) is 17.0 Å². The molecule has 0 aromatic carbocycles. The second-order valence-electron chi connectivity index (χ2n) is 4.59. The minimum absolute atomic E-state index is 0.103. The minimum atomic E-state index is -3.39. The molecule has 1 unspecified atom stereocenters. The Kier molecular flexibility index (Phi) is 6.99. The number of hydrogen-bond acceptors (Lipinski definition) is 4. The molecule has 0 fully saturated rings. The smallest absolute Gasteiger partial charge is 0.250 e. The van der Waals surface area contributed by atoms with E-state index in [1.807, 2.05) is 13.0 Å². The van der Waals surface area contributed by atoms with Crippen LogP contribution in [0.5, 0.6) is 0 Å². The molecule has 1 aromatic rings. The number of hydrogen-bond donors (Lipinski definition) is 2.